The summed E-state index contributed by atoms with van der Waals surface area (Å²) >= 11 is 0. The lowest BCUT2D eigenvalue weighted by Crippen LogP contribution is -1.71. The van der Waals surface area contributed by atoms with E-state index in [1.54, 1.807) is 0 Å². The quantitative estimate of drug-likeness (QED) is 0.377. The second kappa shape index (κ2) is 13.0. The van der Waals surface area contributed by atoms with Crippen LogP contribution in [0.4, 0.5) is 0 Å². The topological polar surface area (TPSA) is 0 Å². The Balaban J connectivity index is 0. The molecule has 0 N–H and O–H groups in total. The zero-order valence-corrected chi connectivity index (χ0v) is 12.5. The maximum atomic E-state index is 3.79. The van der Waals surface area contributed by atoms with Crippen LogP contribution in [0, 0.1) is 0 Å². The molecule has 0 aliphatic rings. The molecule has 0 rings (SSSR count). The molecule has 0 saturated heterocycles. The van der Waals surface area contributed by atoms with Gasteiger partial charge in [0.05, 0.1) is 0 Å². The van der Waals surface area contributed by atoms with Crippen molar-refractivity contribution in [3.8, 4) is 0 Å². The van der Waals surface area contributed by atoms with Crippen LogP contribution in [-0.2, 0) is 0 Å². The standard InChI is InChI=1S/C10H16.C7H14/c1-5-10(6-2)8-7-9(3)4;1-4-5-6-7(2)3/h5,7-8H,1,6H2,2-4H3;2,4-6H2,1,3H3/b10-8+;. The van der Waals surface area contributed by atoms with Crippen molar-refractivity contribution < 1.29 is 0 Å². The van der Waals surface area contributed by atoms with Crippen molar-refractivity contribution in [2.24, 2.45) is 0 Å². The molecule has 0 aliphatic carbocycles. The van der Waals surface area contributed by atoms with Gasteiger partial charge in [-0.3, -0.25) is 0 Å². The van der Waals surface area contributed by atoms with Gasteiger partial charge in [-0.15, -0.1) is 6.58 Å². The average molecular weight is 234 g/mol. The zero-order valence-electron chi connectivity index (χ0n) is 12.5. The second-order valence-electron chi connectivity index (χ2n) is 4.60. The second-order valence-corrected chi connectivity index (χ2v) is 4.60. The van der Waals surface area contributed by atoms with Gasteiger partial charge < -0.3 is 0 Å². The Labute approximate surface area is 109 Å². The third kappa shape index (κ3) is 17.6. The van der Waals surface area contributed by atoms with Crippen LogP contribution < -0.4 is 0 Å². The molecule has 0 amide bonds. The molecule has 0 atom stereocenters. The summed E-state index contributed by atoms with van der Waals surface area (Å²) in [5.41, 5.74) is 3.93. The highest BCUT2D eigenvalue weighted by Crippen LogP contribution is 2.02. The Kier molecular flexibility index (Phi) is 14.0. The molecule has 0 radical (unpaired) electrons. The van der Waals surface area contributed by atoms with E-state index in [2.05, 4.69) is 59.9 Å². The van der Waals surface area contributed by atoms with Gasteiger partial charge in [-0.05, 0) is 45.6 Å². The lowest BCUT2D eigenvalue weighted by molar-refractivity contribution is 0.789. The van der Waals surface area contributed by atoms with Crippen molar-refractivity contribution in [1.29, 1.82) is 0 Å². The lowest BCUT2D eigenvalue weighted by Gasteiger charge is -1.91. The summed E-state index contributed by atoms with van der Waals surface area (Å²) in [6.45, 7) is 18.1. The maximum Gasteiger partial charge on any atom is -0.0308 e. The summed E-state index contributed by atoms with van der Waals surface area (Å²) in [5.74, 6) is 0. The highest BCUT2D eigenvalue weighted by molar-refractivity contribution is 5.23. The third-order valence-corrected chi connectivity index (χ3v) is 2.26. The van der Waals surface area contributed by atoms with E-state index >= 15 is 0 Å². The van der Waals surface area contributed by atoms with Crippen molar-refractivity contribution in [3.63, 3.8) is 0 Å². The van der Waals surface area contributed by atoms with Crippen LogP contribution in [0.5, 0.6) is 0 Å². The Morgan fingerprint density at radius 3 is 1.88 bits per heavy atom. The summed E-state index contributed by atoms with van der Waals surface area (Å²) in [6, 6.07) is 0. The van der Waals surface area contributed by atoms with Gasteiger partial charge in [0.1, 0.15) is 0 Å². The molecule has 0 heterocycles. The Hall–Kier alpha value is -1.04. The number of hydrogen-bond donors (Lipinski definition) is 0. The minimum absolute atomic E-state index is 1.06. The van der Waals surface area contributed by atoms with E-state index in [1.807, 2.05) is 6.08 Å². The SMILES string of the molecule is C=C(C)CCCC.C=C/C(=C\C=C(C)C)CC. The molecule has 17 heavy (non-hydrogen) atoms. The van der Waals surface area contributed by atoms with Gasteiger partial charge in [-0.2, -0.15) is 0 Å². The molecule has 0 fully saturated rings. The van der Waals surface area contributed by atoms with Crippen LogP contribution in [0.25, 0.3) is 0 Å². The molecule has 98 valence electrons. The van der Waals surface area contributed by atoms with Gasteiger partial charge in [0.2, 0.25) is 0 Å². The fourth-order valence-corrected chi connectivity index (χ4v) is 1.08. The first-order valence-electron chi connectivity index (χ1n) is 6.58. The minimum Gasteiger partial charge on any atom is -0.100 e. The summed E-state index contributed by atoms with van der Waals surface area (Å²) in [4.78, 5) is 0. The van der Waals surface area contributed by atoms with Crippen LogP contribution in [-0.4, -0.2) is 0 Å². The molecule has 0 nitrogen and oxygen atoms in total. The van der Waals surface area contributed by atoms with E-state index in [0.717, 1.165) is 6.42 Å². The number of hydrogen-bond acceptors (Lipinski definition) is 0. The molecule has 0 aromatic heterocycles. The highest BCUT2D eigenvalue weighted by atomic mass is 13.9. The van der Waals surface area contributed by atoms with E-state index in [0.29, 0.717) is 0 Å². The predicted octanol–water partition coefficient (Wildman–Crippen LogP) is 6.23. The Bertz CT molecular complexity index is 260. The molecular weight excluding hydrogens is 204 g/mol. The summed E-state index contributed by atoms with van der Waals surface area (Å²) in [7, 11) is 0. The smallest absolute Gasteiger partial charge is 0.0308 e. The first-order valence-corrected chi connectivity index (χ1v) is 6.58. The number of allylic oxidation sites excluding steroid dienone is 6. The Morgan fingerprint density at radius 2 is 1.65 bits per heavy atom. The van der Waals surface area contributed by atoms with E-state index in [-0.39, 0.29) is 0 Å². The van der Waals surface area contributed by atoms with Crippen LogP contribution in [0.2, 0.25) is 0 Å². The number of rotatable bonds is 6. The van der Waals surface area contributed by atoms with Crippen molar-refractivity contribution in [3.05, 3.63) is 48.1 Å². The van der Waals surface area contributed by atoms with E-state index in [4.69, 9.17) is 0 Å². The van der Waals surface area contributed by atoms with Crippen molar-refractivity contribution >= 4 is 0 Å². The lowest BCUT2D eigenvalue weighted by atomic mass is 10.2. The summed E-state index contributed by atoms with van der Waals surface area (Å²) in [5, 5.41) is 0. The number of unbranched alkanes of at least 4 members (excludes halogenated alkanes) is 1. The molecule has 0 spiro atoms. The normalized spacial score (nSPS) is 10.1. The fraction of sp³-hybridized carbons (Fsp3) is 0.529. The maximum absolute atomic E-state index is 3.79. The fourth-order valence-electron chi connectivity index (χ4n) is 1.08. The first-order chi connectivity index (χ1) is 7.97. The van der Waals surface area contributed by atoms with Crippen LogP contribution in [0.1, 0.15) is 60.3 Å². The highest BCUT2D eigenvalue weighted by Gasteiger charge is 1.82. The molecule has 0 unspecified atom stereocenters. The largest absolute Gasteiger partial charge is 0.100 e. The monoisotopic (exact) mass is 234 g/mol. The van der Waals surface area contributed by atoms with Gasteiger partial charge in [0.25, 0.3) is 0 Å². The first kappa shape index (κ1) is 18.3. The average Bonchev–Trinajstić information content (AvgIpc) is 2.28. The molecular formula is C17H30. The molecule has 0 aromatic rings. The zero-order chi connectivity index (χ0) is 13.7. The Morgan fingerprint density at radius 1 is 1.06 bits per heavy atom. The molecule has 0 saturated carbocycles. The molecule has 0 aliphatic heterocycles. The van der Waals surface area contributed by atoms with Crippen molar-refractivity contribution in [2.75, 3.05) is 0 Å². The van der Waals surface area contributed by atoms with E-state index in [1.165, 1.54) is 36.0 Å². The van der Waals surface area contributed by atoms with Crippen LogP contribution in [0.15, 0.2) is 48.1 Å². The van der Waals surface area contributed by atoms with E-state index in [9.17, 15) is 0 Å². The third-order valence-electron chi connectivity index (χ3n) is 2.26. The van der Waals surface area contributed by atoms with Crippen LogP contribution in [0.3, 0.4) is 0 Å². The van der Waals surface area contributed by atoms with Gasteiger partial charge in [0, 0.05) is 0 Å². The summed E-state index contributed by atoms with van der Waals surface area (Å²) in [6.07, 6.45) is 11.0. The van der Waals surface area contributed by atoms with Gasteiger partial charge in [-0.1, -0.05) is 56.2 Å². The molecule has 0 bridgehead atoms. The van der Waals surface area contributed by atoms with Crippen LogP contribution >= 0.6 is 0 Å². The van der Waals surface area contributed by atoms with Gasteiger partial charge in [0.15, 0.2) is 0 Å². The van der Waals surface area contributed by atoms with Gasteiger partial charge in [-0.25, -0.2) is 0 Å². The molecule has 0 heteroatoms. The predicted molar refractivity (Wildman–Crippen MR) is 82.3 cm³/mol. The van der Waals surface area contributed by atoms with E-state index < -0.39 is 0 Å². The van der Waals surface area contributed by atoms with Crippen molar-refractivity contribution in [1.82, 2.24) is 0 Å². The summed E-state index contributed by atoms with van der Waals surface area (Å²) < 4.78 is 0. The van der Waals surface area contributed by atoms with Crippen molar-refractivity contribution in [2.45, 2.75) is 60.3 Å². The molecule has 0 aromatic carbocycles. The van der Waals surface area contributed by atoms with Gasteiger partial charge >= 0.3 is 0 Å². The minimum atomic E-state index is 1.06.